The summed E-state index contributed by atoms with van der Waals surface area (Å²) in [7, 11) is 0. The summed E-state index contributed by atoms with van der Waals surface area (Å²) in [6.45, 7) is 1.49. The van der Waals surface area contributed by atoms with Crippen LogP contribution >= 0.6 is 23.1 Å². The van der Waals surface area contributed by atoms with Gasteiger partial charge in [0.1, 0.15) is 5.70 Å². The summed E-state index contributed by atoms with van der Waals surface area (Å²) in [5.74, 6) is -0.943. The first kappa shape index (κ1) is 27.6. The maximum Gasteiger partial charge on any atom is 0.272 e. The molecular weight excluding hydrogens is 530 g/mol. The fraction of sp³-hybridized carbons (Fsp3) is 0.0667. The number of carbonyl (C=O) groups is 4. The van der Waals surface area contributed by atoms with Gasteiger partial charge in [0, 0.05) is 32.3 Å². The molecule has 0 aliphatic rings. The van der Waals surface area contributed by atoms with Crippen LogP contribution in [0.2, 0.25) is 0 Å². The molecule has 0 saturated heterocycles. The number of hydrogen-bond acceptors (Lipinski definition) is 6. The second kappa shape index (κ2) is 13.4. The van der Waals surface area contributed by atoms with Crippen LogP contribution in [-0.2, 0) is 9.59 Å². The van der Waals surface area contributed by atoms with Crippen LogP contribution < -0.4 is 16.0 Å². The van der Waals surface area contributed by atoms with Gasteiger partial charge in [0.2, 0.25) is 5.91 Å². The molecule has 1 heterocycles. The van der Waals surface area contributed by atoms with E-state index in [4.69, 9.17) is 0 Å². The lowest BCUT2D eigenvalue weighted by Crippen LogP contribution is -2.30. The zero-order valence-corrected chi connectivity index (χ0v) is 22.6. The van der Waals surface area contributed by atoms with Crippen molar-refractivity contribution < 1.29 is 19.2 Å². The summed E-state index contributed by atoms with van der Waals surface area (Å²) in [4.78, 5) is 51.3. The van der Waals surface area contributed by atoms with Crippen molar-refractivity contribution in [2.24, 2.45) is 0 Å². The molecule has 0 aliphatic carbocycles. The van der Waals surface area contributed by atoms with E-state index in [2.05, 4.69) is 16.0 Å². The van der Waals surface area contributed by atoms with Gasteiger partial charge in [-0.2, -0.15) is 0 Å². The van der Waals surface area contributed by atoms with Crippen LogP contribution in [0.4, 0.5) is 11.4 Å². The molecular formula is C30H25N3O4S2. The molecule has 0 radical (unpaired) electrons. The van der Waals surface area contributed by atoms with Gasteiger partial charge in [0.25, 0.3) is 11.8 Å². The van der Waals surface area contributed by atoms with Crippen molar-refractivity contribution in [2.45, 2.75) is 11.8 Å². The average molecular weight is 556 g/mol. The van der Waals surface area contributed by atoms with Gasteiger partial charge in [0.05, 0.1) is 5.75 Å². The Kier molecular flexibility index (Phi) is 9.44. The van der Waals surface area contributed by atoms with Crippen molar-refractivity contribution in [3.05, 3.63) is 118 Å². The number of ketones is 1. The van der Waals surface area contributed by atoms with Crippen LogP contribution in [0.25, 0.3) is 6.08 Å². The molecule has 4 rings (SSSR count). The first-order valence-corrected chi connectivity index (χ1v) is 13.8. The molecule has 0 fully saturated rings. The summed E-state index contributed by atoms with van der Waals surface area (Å²) in [5, 5.41) is 10.2. The second-order valence-corrected chi connectivity index (χ2v) is 10.4. The van der Waals surface area contributed by atoms with Crippen LogP contribution in [0.15, 0.2) is 107 Å². The average Bonchev–Trinajstić information content (AvgIpc) is 3.46. The zero-order valence-electron chi connectivity index (χ0n) is 21.0. The fourth-order valence-electron chi connectivity index (χ4n) is 3.45. The Morgan fingerprint density at radius 1 is 0.795 bits per heavy atom. The molecule has 0 bridgehead atoms. The van der Waals surface area contributed by atoms with Gasteiger partial charge >= 0.3 is 0 Å². The normalized spacial score (nSPS) is 10.9. The Labute approximate surface area is 234 Å². The number of thiophene rings is 1. The molecule has 196 valence electrons. The quantitative estimate of drug-likeness (QED) is 0.125. The first-order chi connectivity index (χ1) is 18.9. The van der Waals surface area contributed by atoms with E-state index < -0.39 is 5.91 Å². The molecule has 3 aromatic carbocycles. The van der Waals surface area contributed by atoms with E-state index in [1.165, 1.54) is 30.0 Å². The summed E-state index contributed by atoms with van der Waals surface area (Å²) in [5.41, 5.74) is 2.26. The highest BCUT2D eigenvalue weighted by atomic mass is 32.2. The minimum absolute atomic E-state index is 0.0388. The number of hydrogen-bond donors (Lipinski definition) is 3. The van der Waals surface area contributed by atoms with E-state index in [-0.39, 0.29) is 29.0 Å². The predicted molar refractivity (Wildman–Crippen MR) is 157 cm³/mol. The molecule has 39 heavy (non-hydrogen) atoms. The van der Waals surface area contributed by atoms with Gasteiger partial charge in [-0.1, -0.05) is 30.3 Å². The topological polar surface area (TPSA) is 104 Å². The number of carbonyl (C=O) groups excluding carboxylic acids is 4. The highest BCUT2D eigenvalue weighted by molar-refractivity contribution is 8.00. The zero-order chi connectivity index (χ0) is 27.6. The molecule has 7 nitrogen and oxygen atoms in total. The van der Waals surface area contributed by atoms with Crippen molar-refractivity contribution in [1.29, 1.82) is 0 Å². The van der Waals surface area contributed by atoms with Crippen LogP contribution in [-0.4, -0.2) is 29.3 Å². The lowest BCUT2D eigenvalue weighted by molar-refractivity contribution is -0.114. The SMILES string of the molecule is CC(=O)c1ccc(NC(=O)CSc2cccc(NC(=O)/C(=C/c3cccs3)NC(=O)c3ccccc3)c2)cc1. The minimum atomic E-state index is -0.471. The van der Waals surface area contributed by atoms with Gasteiger partial charge in [-0.25, -0.2) is 0 Å². The minimum Gasteiger partial charge on any atom is -0.325 e. The monoisotopic (exact) mass is 555 g/mol. The summed E-state index contributed by atoms with van der Waals surface area (Å²) in [6, 6.07) is 26.2. The maximum atomic E-state index is 13.2. The van der Waals surface area contributed by atoms with Gasteiger partial charge in [-0.3, -0.25) is 19.2 Å². The second-order valence-electron chi connectivity index (χ2n) is 8.35. The Morgan fingerprint density at radius 2 is 1.56 bits per heavy atom. The first-order valence-electron chi connectivity index (χ1n) is 11.9. The third-order valence-corrected chi connectivity index (χ3v) is 7.21. The standard InChI is InChI=1S/C30H25N3O4S2/c1-20(34)21-12-14-23(15-13-21)31-28(35)19-39-25-10-5-9-24(17-25)32-30(37)27(18-26-11-6-16-38-26)33-29(36)22-7-3-2-4-8-22/h2-18H,19H2,1H3,(H,31,35)(H,32,37)(H,33,36)/b27-18-. The number of benzene rings is 3. The number of nitrogens with one attached hydrogen (secondary N) is 3. The number of anilines is 2. The largest absolute Gasteiger partial charge is 0.325 e. The molecule has 0 atom stereocenters. The van der Waals surface area contributed by atoms with Crippen molar-refractivity contribution in [2.75, 3.05) is 16.4 Å². The van der Waals surface area contributed by atoms with Gasteiger partial charge in [-0.15, -0.1) is 23.1 Å². The van der Waals surface area contributed by atoms with E-state index in [0.717, 1.165) is 9.77 Å². The van der Waals surface area contributed by atoms with Gasteiger partial charge in [-0.05, 0) is 79.0 Å². The predicted octanol–water partition coefficient (Wildman–Crippen LogP) is 6.09. The molecule has 0 aliphatic heterocycles. The summed E-state index contributed by atoms with van der Waals surface area (Å²) >= 11 is 2.77. The van der Waals surface area contributed by atoms with Crippen molar-refractivity contribution >= 4 is 64.1 Å². The molecule has 3 amide bonds. The number of rotatable bonds is 10. The Bertz CT molecular complexity index is 1500. The third kappa shape index (κ3) is 8.26. The maximum absolute atomic E-state index is 13.2. The van der Waals surface area contributed by atoms with Gasteiger partial charge in [0.15, 0.2) is 5.78 Å². The molecule has 0 unspecified atom stereocenters. The van der Waals surface area contributed by atoms with E-state index in [1.807, 2.05) is 29.6 Å². The lowest BCUT2D eigenvalue weighted by atomic mass is 10.1. The molecule has 1 aromatic heterocycles. The van der Waals surface area contributed by atoms with Crippen LogP contribution in [0.5, 0.6) is 0 Å². The molecule has 0 saturated carbocycles. The number of thioether (sulfide) groups is 1. The Morgan fingerprint density at radius 3 is 2.26 bits per heavy atom. The summed E-state index contributed by atoms with van der Waals surface area (Å²) < 4.78 is 0. The third-order valence-electron chi connectivity index (χ3n) is 5.40. The van der Waals surface area contributed by atoms with Crippen LogP contribution in [0, 0.1) is 0 Å². The van der Waals surface area contributed by atoms with Crippen LogP contribution in [0.1, 0.15) is 32.5 Å². The highest BCUT2D eigenvalue weighted by Crippen LogP contribution is 2.23. The van der Waals surface area contributed by atoms with E-state index >= 15 is 0 Å². The molecule has 4 aromatic rings. The number of Topliss-reactive ketones (excluding diaryl/α,β-unsaturated/α-hetero) is 1. The van der Waals surface area contributed by atoms with Gasteiger partial charge < -0.3 is 16.0 Å². The Balaban J connectivity index is 1.39. The van der Waals surface area contributed by atoms with E-state index in [1.54, 1.807) is 72.8 Å². The molecule has 3 N–H and O–H groups in total. The van der Waals surface area contributed by atoms with Crippen LogP contribution in [0.3, 0.4) is 0 Å². The summed E-state index contributed by atoms with van der Waals surface area (Å²) in [6.07, 6.45) is 1.63. The Hall–Kier alpha value is -4.47. The lowest BCUT2D eigenvalue weighted by Gasteiger charge is -2.12. The smallest absolute Gasteiger partial charge is 0.272 e. The molecule has 9 heteroatoms. The number of amides is 3. The van der Waals surface area contributed by atoms with Crippen molar-refractivity contribution in [1.82, 2.24) is 5.32 Å². The van der Waals surface area contributed by atoms with E-state index in [9.17, 15) is 19.2 Å². The van der Waals surface area contributed by atoms with E-state index in [0.29, 0.717) is 22.5 Å². The fourth-order valence-corrected chi connectivity index (χ4v) is 4.87. The van der Waals surface area contributed by atoms with Crippen molar-refractivity contribution in [3.63, 3.8) is 0 Å². The highest BCUT2D eigenvalue weighted by Gasteiger charge is 2.16. The molecule has 0 spiro atoms. The van der Waals surface area contributed by atoms with Crippen molar-refractivity contribution in [3.8, 4) is 0 Å².